The number of rotatable bonds is 7. The van der Waals surface area contributed by atoms with Crippen LogP contribution in [-0.2, 0) is 4.79 Å². The molecule has 0 aliphatic carbocycles. The number of nitrogens with one attached hydrogen (secondary N) is 1. The van der Waals surface area contributed by atoms with E-state index in [0.717, 1.165) is 6.29 Å². The van der Waals surface area contributed by atoms with E-state index in [9.17, 15) is 9.59 Å². The molecule has 2 rings (SSSR count). The number of carbonyl (C=O) groups is 2. The second-order valence-electron chi connectivity index (χ2n) is 4.59. The SMILES string of the molecule is COc1ccc(NC(=O)COc2cccc(C=O)c2)c(OC)c1. The molecule has 1 amide bonds. The second-order valence-corrected chi connectivity index (χ2v) is 4.59. The van der Waals surface area contributed by atoms with Crippen molar-refractivity contribution in [3.8, 4) is 17.2 Å². The third-order valence-electron chi connectivity index (χ3n) is 3.05. The van der Waals surface area contributed by atoms with E-state index in [1.165, 1.54) is 7.11 Å². The lowest BCUT2D eigenvalue weighted by atomic mass is 10.2. The first-order valence-electron chi connectivity index (χ1n) is 6.86. The first kappa shape index (κ1) is 16.4. The Morgan fingerprint density at radius 2 is 1.91 bits per heavy atom. The van der Waals surface area contributed by atoms with Crippen molar-refractivity contribution >= 4 is 17.9 Å². The van der Waals surface area contributed by atoms with Crippen molar-refractivity contribution in [3.05, 3.63) is 48.0 Å². The summed E-state index contributed by atoms with van der Waals surface area (Å²) in [6.07, 6.45) is 0.717. The Bertz CT molecular complexity index is 699. The monoisotopic (exact) mass is 315 g/mol. The lowest BCUT2D eigenvalue weighted by Crippen LogP contribution is -2.20. The second kappa shape index (κ2) is 7.84. The fourth-order valence-corrected chi connectivity index (χ4v) is 1.91. The summed E-state index contributed by atoms with van der Waals surface area (Å²) in [6, 6.07) is 11.6. The van der Waals surface area contributed by atoms with Crippen molar-refractivity contribution in [2.75, 3.05) is 26.1 Å². The zero-order valence-corrected chi connectivity index (χ0v) is 12.9. The van der Waals surface area contributed by atoms with E-state index < -0.39 is 0 Å². The smallest absolute Gasteiger partial charge is 0.262 e. The number of carbonyl (C=O) groups excluding carboxylic acids is 2. The maximum atomic E-state index is 12.0. The first-order valence-corrected chi connectivity index (χ1v) is 6.86. The van der Waals surface area contributed by atoms with Gasteiger partial charge in [-0.25, -0.2) is 0 Å². The van der Waals surface area contributed by atoms with Crippen LogP contribution in [0.5, 0.6) is 17.2 Å². The maximum absolute atomic E-state index is 12.0. The molecule has 2 aromatic rings. The minimum atomic E-state index is -0.343. The van der Waals surface area contributed by atoms with Crippen LogP contribution in [0.3, 0.4) is 0 Å². The van der Waals surface area contributed by atoms with E-state index in [4.69, 9.17) is 14.2 Å². The number of anilines is 1. The van der Waals surface area contributed by atoms with Crippen molar-refractivity contribution in [2.24, 2.45) is 0 Å². The Kier molecular flexibility index (Phi) is 5.57. The molecule has 0 unspecified atom stereocenters. The summed E-state index contributed by atoms with van der Waals surface area (Å²) in [5.74, 6) is 1.22. The Morgan fingerprint density at radius 3 is 2.61 bits per heavy atom. The quantitative estimate of drug-likeness (QED) is 0.795. The molecule has 0 fully saturated rings. The number of aldehydes is 1. The van der Waals surface area contributed by atoms with Gasteiger partial charge in [0.1, 0.15) is 23.5 Å². The molecule has 0 spiro atoms. The minimum Gasteiger partial charge on any atom is -0.497 e. The van der Waals surface area contributed by atoms with Crippen LogP contribution < -0.4 is 19.5 Å². The summed E-state index contributed by atoms with van der Waals surface area (Å²) in [5, 5.41) is 2.70. The van der Waals surface area contributed by atoms with Gasteiger partial charge in [-0.05, 0) is 24.3 Å². The summed E-state index contributed by atoms with van der Waals surface area (Å²) in [7, 11) is 3.06. The van der Waals surface area contributed by atoms with E-state index in [1.54, 1.807) is 49.6 Å². The summed E-state index contributed by atoms with van der Waals surface area (Å²) in [4.78, 5) is 22.7. The largest absolute Gasteiger partial charge is 0.497 e. The van der Waals surface area contributed by atoms with Gasteiger partial charge in [0.15, 0.2) is 6.61 Å². The highest BCUT2D eigenvalue weighted by atomic mass is 16.5. The van der Waals surface area contributed by atoms with Crippen molar-refractivity contribution in [3.63, 3.8) is 0 Å². The number of ether oxygens (including phenoxy) is 3. The zero-order chi connectivity index (χ0) is 16.7. The van der Waals surface area contributed by atoms with E-state index in [-0.39, 0.29) is 12.5 Å². The van der Waals surface area contributed by atoms with Gasteiger partial charge in [-0.1, -0.05) is 12.1 Å². The van der Waals surface area contributed by atoms with Crippen LogP contribution in [0.25, 0.3) is 0 Å². The third-order valence-corrected chi connectivity index (χ3v) is 3.05. The molecule has 0 heterocycles. The molecule has 1 N–H and O–H groups in total. The molecule has 2 aromatic carbocycles. The number of methoxy groups -OCH3 is 2. The van der Waals surface area contributed by atoms with Gasteiger partial charge in [-0.2, -0.15) is 0 Å². The molecule has 0 saturated heterocycles. The molecule has 0 atom stereocenters. The standard InChI is InChI=1S/C17H17NO5/c1-21-13-6-7-15(16(9-13)22-2)18-17(20)11-23-14-5-3-4-12(8-14)10-19/h3-10H,11H2,1-2H3,(H,18,20). The number of hydrogen-bond donors (Lipinski definition) is 1. The molecule has 0 aliphatic rings. The Balaban J connectivity index is 1.98. The molecule has 0 radical (unpaired) electrons. The molecule has 0 aromatic heterocycles. The predicted molar refractivity (Wildman–Crippen MR) is 85.5 cm³/mol. The first-order chi connectivity index (χ1) is 11.2. The number of amides is 1. The average Bonchev–Trinajstić information content (AvgIpc) is 2.60. The maximum Gasteiger partial charge on any atom is 0.262 e. The van der Waals surface area contributed by atoms with Crippen molar-refractivity contribution in [2.45, 2.75) is 0 Å². The Hall–Kier alpha value is -3.02. The lowest BCUT2D eigenvalue weighted by Gasteiger charge is -2.12. The molecule has 0 saturated carbocycles. The van der Waals surface area contributed by atoms with Crippen LogP contribution in [-0.4, -0.2) is 33.0 Å². The van der Waals surface area contributed by atoms with Crippen LogP contribution in [0.4, 0.5) is 5.69 Å². The van der Waals surface area contributed by atoms with Gasteiger partial charge < -0.3 is 19.5 Å². The van der Waals surface area contributed by atoms with E-state index in [2.05, 4.69) is 5.32 Å². The predicted octanol–water partition coefficient (Wildman–Crippen LogP) is 2.53. The highest BCUT2D eigenvalue weighted by molar-refractivity contribution is 5.93. The van der Waals surface area contributed by atoms with Gasteiger partial charge in [0.2, 0.25) is 0 Å². The van der Waals surface area contributed by atoms with Crippen LogP contribution in [0.1, 0.15) is 10.4 Å². The van der Waals surface area contributed by atoms with Gasteiger partial charge in [0, 0.05) is 11.6 Å². The molecule has 6 nitrogen and oxygen atoms in total. The summed E-state index contributed by atoms with van der Waals surface area (Å²) in [5.41, 5.74) is 1.00. The van der Waals surface area contributed by atoms with Crippen LogP contribution in [0, 0.1) is 0 Å². The summed E-state index contributed by atoms with van der Waals surface area (Å²) >= 11 is 0. The molecular weight excluding hydrogens is 298 g/mol. The highest BCUT2D eigenvalue weighted by Gasteiger charge is 2.09. The van der Waals surface area contributed by atoms with Gasteiger partial charge in [-0.15, -0.1) is 0 Å². The molecule has 6 heteroatoms. The minimum absolute atomic E-state index is 0.183. The average molecular weight is 315 g/mol. The molecule has 23 heavy (non-hydrogen) atoms. The van der Waals surface area contributed by atoms with Gasteiger partial charge in [0.05, 0.1) is 19.9 Å². The zero-order valence-electron chi connectivity index (χ0n) is 12.9. The lowest BCUT2D eigenvalue weighted by molar-refractivity contribution is -0.118. The molecule has 120 valence electrons. The van der Waals surface area contributed by atoms with Crippen molar-refractivity contribution in [1.82, 2.24) is 0 Å². The van der Waals surface area contributed by atoms with E-state index >= 15 is 0 Å². The van der Waals surface area contributed by atoms with Crippen LogP contribution in [0.15, 0.2) is 42.5 Å². The van der Waals surface area contributed by atoms with Crippen molar-refractivity contribution in [1.29, 1.82) is 0 Å². The number of hydrogen-bond acceptors (Lipinski definition) is 5. The fraction of sp³-hybridized carbons (Fsp3) is 0.176. The summed E-state index contributed by atoms with van der Waals surface area (Å²) in [6.45, 7) is -0.183. The number of benzene rings is 2. The third kappa shape index (κ3) is 4.47. The van der Waals surface area contributed by atoms with E-state index in [0.29, 0.717) is 28.5 Å². The van der Waals surface area contributed by atoms with Crippen molar-refractivity contribution < 1.29 is 23.8 Å². The molecule has 0 aliphatic heterocycles. The van der Waals surface area contributed by atoms with Crippen LogP contribution in [0.2, 0.25) is 0 Å². The normalized spacial score (nSPS) is 9.83. The fourth-order valence-electron chi connectivity index (χ4n) is 1.91. The Morgan fingerprint density at radius 1 is 1.09 bits per heavy atom. The van der Waals surface area contributed by atoms with Gasteiger partial charge >= 0.3 is 0 Å². The van der Waals surface area contributed by atoms with Crippen LogP contribution >= 0.6 is 0 Å². The molecular formula is C17H17NO5. The molecule has 0 bridgehead atoms. The van der Waals surface area contributed by atoms with Gasteiger partial charge in [-0.3, -0.25) is 9.59 Å². The topological polar surface area (TPSA) is 73.9 Å². The Labute approximate surface area is 134 Å². The highest BCUT2D eigenvalue weighted by Crippen LogP contribution is 2.28. The summed E-state index contributed by atoms with van der Waals surface area (Å²) < 4.78 is 15.7. The van der Waals surface area contributed by atoms with E-state index in [1.807, 2.05) is 0 Å². The van der Waals surface area contributed by atoms with Gasteiger partial charge in [0.25, 0.3) is 5.91 Å².